The highest BCUT2D eigenvalue weighted by Gasteiger charge is 2.34. The second-order valence-electron chi connectivity index (χ2n) is 6.37. The van der Waals surface area contributed by atoms with E-state index in [-0.39, 0.29) is 11.0 Å². The molecule has 3 nitrogen and oxygen atoms in total. The molecule has 1 atom stereocenters. The predicted octanol–water partition coefficient (Wildman–Crippen LogP) is 3.80. The van der Waals surface area contributed by atoms with Crippen molar-refractivity contribution in [1.29, 1.82) is 0 Å². The fourth-order valence-corrected chi connectivity index (χ4v) is 3.81. The van der Waals surface area contributed by atoms with Crippen LogP contribution in [0.15, 0.2) is 17.3 Å². The van der Waals surface area contributed by atoms with Crippen molar-refractivity contribution in [3.63, 3.8) is 0 Å². The van der Waals surface area contributed by atoms with Gasteiger partial charge in [0.1, 0.15) is 0 Å². The Bertz CT molecular complexity index is 400. The molecule has 1 aromatic rings. The zero-order valence-corrected chi connectivity index (χ0v) is 13.1. The quantitative estimate of drug-likeness (QED) is 0.817. The normalized spacial score (nSPS) is 23.1. The summed E-state index contributed by atoms with van der Waals surface area (Å²) in [5.74, 6) is 0. The SMILES string of the molecule is CC(C)(C)S(C)(C)c1ccnn1C1CCCCO1. The van der Waals surface area contributed by atoms with E-state index < -0.39 is 10.0 Å². The second kappa shape index (κ2) is 4.89. The summed E-state index contributed by atoms with van der Waals surface area (Å²) in [5, 5.41) is 5.90. The fourth-order valence-electron chi connectivity index (χ4n) is 2.15. The van der Waals surface area contributed by atoms with Crippen molar-refractivity contribution in [3.05, 3.63) is 12.3 Å². The molecule has 0 bridgehead atoms. The summed E-state index contributed by atoms with van der Waals surface area (Å²) in [6.45, 7) is 7.83. The van der Waals surface area contributed by atoms with Gasteiger partial charge in [-0.05, 0) is 42.6 Å². The molecule has 1 unspecified atom stereocenters. The Morgan fingerprint density at radius 2 is 2.06 bits per heavy atom. The molecule has 1 aromatic heterocycles. The molecule has 0 radical (unpaired) electrons. The molecule has 0 amide bonds. The molecule has 0 N–H and O–H groups in total. The zero-order chi connectivity index (χ0) is 13.4. The zero-order valence-electron chi connectivity index (χ0n) is 12.3. The van der Waals surface area contributed by atoms with Crippen molar-refractivity contribution in [2.45, 2.75) is 56.0 Å². The summed E-state index contributed by atoms with van der Waals surface area (Å²) >= 11 is 0. The van der Waals surface area contributed by atoms with E-state index in [9.17, 15) is 0 Å². The maximum atomic E-state index is 5.88. The van der Waals surface area contributed by atoms with E-state index >= 15 is 0 Å². The predicted molar refractivity (Wildman–Crippen MR) is 78.5 cm³/mol. The third-order valence-corrected chi connectivity index (χ3v) is 8.55. The topological polar surface area (TPSA) is 27.1 Å². The minimum atomic E-state index is -0.893. The summed E-state index contributed by atoms with van der Waals surface area (Å²) in [7, 11) is -0.893. The van der Waals surface area contributed by atoms with Crippen LogP contribution < -0.4 is 0 Å². The first-order valence-corrected chi connectivity index (χ1v) is 9.17. The van der Waals surface area contributed by atoms with Crippen molar-refractivity contribution in [2.75, 3.05) is 19.1 Å². The summed E-state index contributed by atoms with van der Waals surface area (Å²) in [6, 6.07) is 2.18. The molecule has 2 heterocycles. The highest BCUT2D eigenvalue weighted by molar-refractivity contribution is 8.33. The van der Waals surface area contributed by atoms with Crippen LogP contribution in [0.3, 0.4) is 0 Å². The number of nitrogens with zero attached hydrogens (tertiary/aromatic N) is 2. The lowest BCUT2D eigenvalue weighted by Gasteiger charge is -2.45. The van der Waals surface area contributed by atoms with Crippen molar-refractivity contribution in [2.24, 2.45) is 0 Å². The number of hydrogen-bond acceptors (Lipinski definition) is 2. The van der Waals surface area contributed by atoms with E-state index in [2.05, 4.69) is 49.1 Å². The Hall–Kier alpha value is -0.480. The lowest BCUT2D eigenvalue weighted by atomic mass is 10.2. The van der Waals surface area contributed by atoms with Crippen molar-refractivity contribution < 1.29 is 4.74 Å². The molecule has 104 valence electrons. The van der Waals surface area contributed by atoms with Crippen LogP contribution in [0.25, 0.3) is 0 Å². The molecular formula is C14H26N2OS. The minimum Gasteiger partial charge on any atom is -0.356 e. The Morgan fingerprint density at radius 1 is 1.33 bits per heavy atom. The molecule has 0 saturated carbocycles. The van der Waals surface area contributed by atoms with Gasteiger partial charge in [-0.15, -0.1) is 0 Å². The first-order valence-electron chi connectivity index (χ1n) is 6.72. The molecule has 18 heavy (non-hydrogen) atoms. The summed E-state index contributed by atoms with van der Waals surface area (Å²) < 4.78 is 8.30. The summed E-state index contributed by atoms with van der Waals surface area (Å²) in [4.78, 5) is 0. The molecule has 1 aliphatic rings. The third kappa shape index (κ3) is 2.45. The first-order chi connectivity index (χ1) is 8.34. The van der Waals surface area contributed by atoms with Crippen LogP contribution in [-0.2, 0) is 4.74 Å². The van der Waals surface area contributed by atoms with Gasteiger partial charge in [0.25, 0.3) is 0 Å². The monoisotopic (exact) mass is 270 g/mol. The average molecular weight is 270 g/mol. The van der Waals surface area contributed by atoms with E-state index in [4.69, 9.17) is 4.74 Å². The lowest BCUT2D eigenvalue weighted by molar-refractivity contribution is -0.0447. The molecule has 1 fully saturated rings. The molecule has 1 saturated heterocycles. The number of aromatic nitrogens is 2. The lowest BCUT2D eigenvalue weighted by Crippen LogP contribution is -2.28. The minimum absolute atomic E-state index is 0.151. The van der Waals surface area contributed by atoms with Crippen molar-refractivity contribution >= 4 is 10.0 Å². The van der Waals surface area contributed by atoms with Gasteiger partial charge in [-0.25, -0.2) is 4.68 Å². The van der Waals surface area contributed by atoms with Gasteiger partial charge in [0.15, 0.2) is 6.23 Å². The number of rotatable bonds is 2. The van der Waals surface area contributed by atoms with Gasteiger partial charge >= 0.3 is 0 Å². The second-order valence-corrected chi connectivity index (χ2v) is 10.7. The summed E-state index contributed by atoms with van der Waals surface area (Å²) in [6.07, 6.45) is 10.4. The van der Waals surface area contributed by atoms with Gasteiger partial charge < -0.3 is 4.74 Å². The molecule has 0 aliphatic carbocycles. The van der Waals surface area contributed by atoms with E-state index in [1.165, 1.54) is 17.9 Å². The molecule has 1 aliphatic heterocycles. The Labute approximate surface area is 112 Å². The van der Waals surface area contributed by atoms with Gasteiger partial charge in [-0.3, -0.25) is 0 Å². The highest BCUT2D eigenvalue weighted by atomic mass is 32.3. The van der Waals surface area contributed by atoms with Crippen LogP contribution in [0.1, 0.15) is 46.3 Å². The van der Waals surface area contributed by atoms with Crippen molar-refractivity contribution in [1.82, 2.24) is 9.78 Å². The third-order valence-electron chi connectivity index (χ3n) is 4.12. The van der Waals surface area contributed by atoms with Crippen LogP contribution in [0.2, 0.25) is 0 Å². The summed E-state index contributed by atoms with van der Waals surface area (Å²) in [5.41, 5.74) is 0. The Balaban J connectivity index is 2.32. The molecule has 0 spiro atoms. The van der Waals surface area contributed by atoms with Crippen molar-refractivity contribution in [3.8, 4) is 0 Å². The Kier molecular flexibility index (Phi) is 3.79. The molecule has 2 rings (SSSR count). The maximum absolute atomic E-state index is 5.88. The number of ether oxygens (including phenoxy) is 1. The number of hydrogen-bond donors (Lipinski definition) is 0. The standard InChI is InChI=1S/C14H26N2OS/c1-14(2,3)18(4,5)13-9-10-15-16(13)12-8-6-7-11-17-12/h9-10,12H,6-8,11H2,1-5H3. The van der Waals surface area contributed by atoms with Gasteiger partial charge in [0.2, 0.25) is 0 Å². The first kappa shape index (κ1) is 13.9. The largest absolute Gasteiger partial charge is 0.356 e. The smallest absolute Gasteiger partial charge is 0.151 e. The highest BCUT2D eigenvalue weighted by Crippen LogP contribution is 2.59. The van der Waals surface area contributed by atoms with E-state index in [1.807, 2.05) is 6.20 Å². The molecular weight excluding hydrogens is 244 g/mol. The van der Waals surface area contributed by atoms with Crippen LogP contribution in [-0.4, -0.2) is 33.6 Å². The fraction of sp³-hybridized carbons (Fsp3) is 0.786. The average Bonchev–Trinajstić information content (AvgIpc) is 2.78. The van der Waals surface area contributed by atoms with Crippen LogP contribution in [0.5, 0.6) is 0 Å². The molecule has 4 heteroatoms. The van der Waals surface area contributed by atoms with Gasteiger partial charge in [0.05, 0.1) is 11.2 Å². The van der Waals surface area contributed by atoms with E-state index in [0.29, 0.717) is 0 Å². The van der Waals surface area contributed by atoms with Crippen LogP contribution in [0, 0.1) is 0 Å². The van der Waals surface area contributed by atoms with Crippen LogP contribution in [0.4, 0.5) is 0 Å². The van der Waals surface area contributed by atoms with Crippen LogP contribution >= 0.6 is 10.0 Å². The van der Waals surface area contributed by atoms with Gasteiger partial charge in [-0.2, -0.15) is 15.1 Å². The van der Waals surface area contributed by atoms with E-state index in [0.717, 1.165) is 13.0 Å². The van der Waals surface area contributed by atoms with Gasteiger partial charge in [0, 0.05) is 6.61 Å². The molecule has 0 aromatic carbocycles. The Morgan fingerprint density at radius 3 is 2.61 bits per heavy atom. The van der Waals surface area contributed by atoms with E-state index in [1.54, 1.807) is 0 Å². The maximum Gasteiger partial charge on any atom is 0.151 e. The van der Waals surface area contributed by atoms with Gasteiger partial charge in [-0.1, -0.05) is 20.8 Å².